The van der Waals surface area contributed by atoms with Crippen molar-refractivity contribution in [2.24, 2.45) is 29.2 Å². The number of hydrogen-bond donors (Lipinski definition) is 4. The monoisotopic (exact) mass is 1110 g/mol. The number of aromatic nitrogens is 4. The second kappa shape index (κ2) is 22.6. The molecule has 6 N–H and O–H groups in total. The third-order valence-corrected chi connectivity index (χ3v) is 18.8. The fraction of sp³-hybridized carbons (Fsp3) is 0.508. The number of fused-ring (bicyclic) bond motifs is 2. The maximum absolute atomic E-state index is 17.1. The second-order valence-corrected chi connectivity index (χ2v) is 23.3. The quantitative estimate of drug-likeness (QED) is 0.0848. The summed E-state index contributed by atoms with van der Waals surface area (Å²) >= 11 is 0. The lowest BCUT2D eigenvalue weighted by Crippen LogP contribution is -2.47. The number of rotatable bonds is 13. The normalized spacial score (nSPS) is 25.0. The molecule has 6 aliphatic rings. The highest BCUT2D eigenvalue weighted by molar-refractivity contribution is 5.86. The Morgan fingerprint density at radius 2 is 1.16 bits per heavy atom. The Hall–Kier alpha value is -7.32. The van der Waals surface area contributed by atoms with E-state index in [0.29, 0.717) is 132 Å². The molecule has 6 saturated heterocycles. The number of benzene rings is 4. The van der Waals surface area contributed by atoms with Crippen molar-refractivity contribution < 1.29 is 46.9 Å². The SMILES string of the molecule is CC1CC(c2ccc3nc(C4CCCN4C(=O)[C@@H](OC(N)=O)C4CCOCC4)[nH]c3c2)N(c2cc(F)c(N3CCC(c4ccccc4)CC3)c(F)c2)[C@@]1(C)c1ccc2nc(C3CCCN3C(=O)[C@@H](OC(N)=O)C3CCOCC3)[nH]c2c1. The molecule has 2 aromatic heterocycles. The van der Waals surface area contributed by atoms with Crippen molar-refractivity contribution >= 4 is 57.4 Å². The molecule has 0 bridgehead atoms. The van der Waals surface area contributed by atoms with Crippen molar-refractivity contribution in [3.63, 3.8) is 0 Å². The first kappa shape index (κ1) is 54.3. The van der Waals surface area contributed by atoms with Crippen LogP contribution in [0.2, 0.25) is 0 Å². The number of hydrogen-bond acceptors (Lipinski definition) is 12. The number of carbonyl (C=O) groups excluding carboxylic acids is 4. The van der Waals surface area contributed by atoms with Gasteiger partial charge in [-0.1, -0.05) is 49.4 Å². The zero-order valence-electron chi connectivity index (χ0n) is 46.0. The van der Waals surface area contributed by atoms with Crippen LogP contribution >= 0.6 is 0 Å². The molecule has 4 amide bonds. The molecule has 4 unspecified atom stereocenters. The minimum absolute atomic E-state index is 0.0204. The third-order valence-electron chi connectivity index (χ3n) is 18.8. The summed E-state index contributed by atoms with van der Waals surface area (Å²) in [6.07, 6.45) is 3.16. The minimum Gasteiger partial charge on any atom is -0.436 e. The molecular formula is C61H72F2N10O8. The molecule has 428 valence electrons. The Bertz CT molecular complexity index is 3280. The van der Waals surface area contributed by atoms with Gasteiger partial charge in [0.05, 0.1) is 45.7 Å². The summed E-state index contributed by atoms with van der Waals surface area (Å²) in [6, 6.07) is 24.2. The summed E-state index contributed by atoms with van der Waals surface area (Å²) in [5.41, 5.74) is 16.5. The standard InChI is InChI=1S/C61H72F2N10O8/c1-35-30-51(40-12-14-45-47(31-40)68-55(66-45)49-10-6-22-71(49)57(74)53(80-59(64)76)38-18-26-78-27-19-38)73(42-33-43(62)52(44(63)34-42)70-24-16-37(17-25-70)36-8-4-3-5-9-36)61(35,2)41-13-15-46-48(32-41)69-56(67-46)50-11-7-23-72(50)58(75)54(81-60(65)77)39-20-28-79-29-21-39/h3-5,8-9,12-15,31-35,37-39,49-51,53-54H,6-7,10-11,16-30H2,1-2H3,(H2,64,76)(H2,65,77)(H,66,68)(H,67,69)/t35?,49?,50?,51?,53-,54-,61+/m0/s1. The Labute approximate surface area is 469 Å². The van der Waals surface area contributed by atoms with Gasteiger partial charge in [-0.25, -0.2) is 28.3 Å². The van der Waals surface area contributed by atoms with E-state index in [-0.39, 0.29) is 41.3 Å². The Morgan fingerprint density at radius 1 is 0.642 bits per heavy atom. The van der Waals surface area contributed by atoms with Gasteiger partial charge >= 0.3 is 12.2 Å². The number of nitrogens with zero attached hydrogens (tertiary/aromatic N) is 6. The van der Waals surface area contributed by atoms with E-state index in [1.54, 1.807) is 9.80 Å². The zero-order chi connectivity index (χ0) is 56.1. The van der Waals surface area contributed by atoms with E-state index >= 15 is 8.78 Å². The van der Waals surface area contributed by atoms with E-state index in [2.05, 4.69) is 53.0 Å². The van der Waals surface area contributed by atoms with Crippen molar-refractivity contribution in [2.45, 2.75) is 126 Å². The molecule has 7 atom stereocenters. The summed E-state index contributed by atoms with van der Waals surface area (Å²) in [4.78, 5) is 77.6. The van der Waals surface area contributed by atoms with Crippen LogP contribution in [0.1, 0.15) is 137 Å². The number of anilines is 2. The number of nitrogens with two attached hydrogens (primary N) is 2. The van der Waals surface area contributed by atoms with Gasteiger partial charge in [-0.2, -0.15) is 0 Å². The maximum Gasteiger partial charge on any atom is 0.405 e. The van der Waals surface area contributed by atoms with Crippen LogP contribution in [-0.2, 0) is 34.1 Å². The number of H-pyrrole nitrogens is 2. The van der Waals surface area contributed by atoms with Crippen LogP contribution in [0.15, 0.2) is 78.9 Å². The van der Waals surface area contributed by atoms with Crippen molar-refractivity contribution in [1.29, 1.82) is 0 Å². The fourth-order valence-corrected chi connectivity index (χ4v) is 14.4. The summed E-state index contributed by atoms with van der Waals surface area (Å²) in [5.74, 6) is -0.831. The van der Waals surface area contributed by atoms with E-state index in [4.69, 9.17) is 40.4 Å². The first-order chi connectivity index (χ1) is 39.2. The molecule has 12 rings (SSSR count). The number of aromatic amines is 2. The molecule has 20 heteroatoms. The Morgan fingerprint density at radius 3 is 1.69 bits per heavy atom. The average molecular weight is 1110 g/mol. The van der Waals surface area contributed by atoms with Gasteiger partial charge < -0.3 is 60.0 Å². The van der Waals surface area contributed by atoms with E-state index < -0.39 is 53.7 Å². The molecule has 0 aliphatic carbocycles. The van der Waals surface area contributed by atoms with Crippen LogP contribution in [0.5, 0.6) is 0 Å². The van der Waals surface area contributed by atoms with Gasteiger partial charge in [0.2, 0.25) is 0 Å². The van der Waals surface area contributed by atoms with E-state index in [1.807, 2.05) is 47.4 Å². The van der Waals surface area contributed by atoms with Crippen molar-refractivity contribution in [3.05, 3.63) is 119 Å². The summed E-state index contributed by atoms with van der Waals surface area (Å²) in [7, 11) is 0. The molecule has 18 nitrogen and oxygen atoms in total. The number of ether oxygens (including phenoxy) is 4. The molecule has 0 spiro atoms. The van der Waals surface area contributed by atoms with Gasteiger partial charge in [0.25, 0.3) is 11.8 Å². The highest BCUT2D eigenvalue weighted by atomic mass is 19.1. The number of nitrogens with one attached hydrogen (secondary N) is 2. The number of amides is 4. The van der Waals surface area contributed by atoms with Crippen LogP contribution in [-0.4, -0.2) is 119 Å². The molecule has 6 fully saturated rings. The number of imidazole rings is 2. The summed E-state index contributed by atoms with van der Waals surface area (Å²) in [5, 5.41) is 0. The Kier molecular flexibility index (Phi) is 15.1. The number of primary amides is 2. The predicted molar refractivity (Wildman–Crippen MR) is 299 cm³/mol. The van der Waals surface area contributed by atoms with Crippen molar-refractivity contribution in [2.75, 3.05) is 62.4 Å². The highest BCUT2D eigenvalue weighted by Crippen LogP contribution is 2.55. The first-order valence-electron chi connectivity index (χ1n) is 29.0. The number of likely N-dealkylation sites (tertiary alicyclic amines) is 2. The van der Waals surface area contributed by atoms with Crippen molar-refractivity contribution in [1.82, 2.24) is 29.7 Å². The molecule has 81 heavy (non-hydrogen) atoms. The lowest BCUT2D eigenvalue weighted by molar-refractivity contribution is -0.146. The number of carbonyl (C=O) groups is 4. The molecular weight excluding hydrogens is 1040 g/mol. The summed E-state index contributed by atoms with van der Waals surface area (Å²) in [6.45, 7) is 8.13. The average Bonchev–Trinajstić information content (AvgIpc) is 4.40. The first-order valence-corrected chi connectivity index (χ1v) is 29.0. The summed E-state index contributed by atoms with van der Waals surface area (Å²) < 4.78 is 56.4. The van der Waals surface area contributed by atoms with Crippen LogP contribution < -0.4 is 21.3 Å². The van der Waals surface area contributed by atoms with Gasteiger partial charge in [0, 0.05) is 70.1 Å². The zero-order valence-corrected chi connectivity index (χ0v) is 46.0. The van der Waals surface area contributed by atoms with E-state index in [1.165, 1.54) is 17.7 Å². The van der Waals surface area contributed by atoms with Gasteiger partial charge in [0.1, 0.15) is 17.3 Å². The Balaban J connectivity index is 0.876. The topological polar surface area (TPSA) is 228 Å². The smallest absolute Gasteiger partial charge is 0.405 e. The largest absolute Gasteiger partial charge is 0.436 e. The minimum atomic E-state index is -1.03. The maximum atomic E-state index is 17.1. The molecule has 0 saturated carbocycles. The molecule has 6 aliphatic heterocycles. The third kappa shape index (κ3) is 10.4. The lowest BCUT2D eigenvalue weighted by atomic mass is 9.81. The van der Waals surface area contributed by atoms with E-state index in [9.17, 15) is 19.2 Å². The van der Waals surface area contributed by atoms with Gasteiger partial charge in [0.15, 0.2) is 23.8 Å². The molecule has 6 aromatic rings. The van der Waals surface area contributed by atoms with Crippen LogP contribution in [0.4, 0.5) is 29.7 Å². The van der Waals surface area contributed by atoms with Crippen LogP contribution in [0, 0.1) is 29.4 Å². The second-order valence-electron chi connectivity index (χ2n) is 23.3. The van der Waals surface area contributed by atoms with Crippen LogP contribution in [0.3, 0.4) is 0 Å². The van der Waals surface area contributed by atoms with Gasteiger partial charge in [-0.05, 0) is 142 Å². The molecule has 8 heterocycles. The molecule has 4 aromatic carbocycles. The van der Waals surface area contributed by atoms with Gasteiger partial charge in [-0.15, -0.1) is 0 Å². The lowest BCUT2D eigenvalue weighted by Gasteiger charge is -2.43. The van der Waals surface area contributed by atoms with Crippen LogP contribution in [0.25, 0.3) is 22.1 Å². The van der Waals surface area contributed by atoms with Crippen molar-refractivity contribution in [3.8, 4) is 0 Å². The van der Waals surface area contributed by atoms with E-state index in [0.717, 1.165) is 47.8 Å². The predicted octanol–water partition coefficient (Wildman–Crippen LogP) is 9.71. The highest BCUT2D eigenvalue weighted by Gasteiger charge is 2.51. The number of halogens is 2. The number of piperidine rings is 1. The fourth-order valence-electron chi connectivity index (χ4n) is 14.4. The molecule has 0 radical (unpaired) electrons. The van der Waals surface area contributed by atoms with Gasteiger partial charge in [-0.3, -0.25) is 9.59 Å².